The molecule has 0 aromatic heterocycles. The van der Waals surface area contributed by atoms with Gasteiger partial charge >= 0.3 is 17.1 Å². The minimum atomic E-state index is -1.08. The Labute approximate surface area is 91.1 Å². The molecule has 1 radical (unpaired) electrons. The molecule has 0 saturated carbocycles. The molecule has 0 bridgehead atoms. The van der Waals surface area contributed by atoms with Crippen molar-refractivity contribution in [3.8, 4) is 0 Å². The van der Waals surface area contributed by atoms with Crippen LogP contribution >= 0.6 is 31.9 Å². The van der Waals surface area contributed by atoms with E-state index in [1.54, 1.807) is 0 Å². The summed E-state index contributed by atoms with van der Waals surface area (Å²) in [6.07, 6.45) is 0. The van der Waals surface area contributed by atoms with Gasteiger partial charge in [-0.15, -0.1) is 0 Å². The molecule has 0 spiro atoms. The second-order valence-corrected chi connectivity index (χ2v) is 2.13. The van der Waals surface area contributed by atoms with E-state index in [4.69, 9.17) is 0 Å². The molecular weight excluding hydrogens is 327 g/mol. The molecular formula is C4H4Br2MnO4. The Morgan fingerprint density at radius 1 is 1.00 bits per heavy atom. The van der Waals surface area contributed by atoms with E-state index in [2.05, 4.69) is 31.9 Å². The van der Waals surface area contributed by atoms with Crippen LogP contribution in [-0.2, 0) is 26.7 Å². The predicted octanol–water partition coefficient (Wildman–Crippen LogP) is -1.74. The second kappa shape index (κ2) is 13.0. The van der Waals surface area contributed by atoms with Crippen molar-refractivity contribution in [1.82, 2.24) is 0 Å². The van der Waals surface area contributed by atoms with Gasteiger partial charge in [0.15, 0.2) is 0 Å². The molecule has 0 aliphatic heterocycles. The molecule has 0 aliphatic carbocycles. The van der Waals surface area contributed by atoms with Gasteiger partial charge < -0.3 is 19.8 Å². The normalized spacial score (nSPS) is 6.73. The van der Waals surface area contributed by atoms with Crippen LogP contribution in [0, 0.1) is 0 Å². The number of carbonyl (C=O) groups is 2. The summed E-state index contributed by atoms with van der Waals surface area (Å²) in [6.45, 7) is 0. The Balaban J connectivity index is -0.000000107. The summed E-state index contributed by atoms with van der Waals surface area (Å²) in [5, 5.41) is 18.3. The molecule has 0 saturated heterocycles. The summed E-state index contributed by atoms with van der Waals surface area (Å²) in [6, 6.07) is 0. The minimum absolute atomic E-state index is 0. The Morgan fingerprint density at radius 3 is 1.09 bits per heavy atom. The molecule has 0 aliphatic rings. The molecule has 0 N–H and O–H groups in total. The third-order valence-electron chi connectivity index (χ3n) is 0.218. The van der Waals surface area contributed by atoms with Crippen LogP contribution in [0.25, 0.3) is 0 Å². The maximum absolute atomic E-state index is 9.21. The van der Waals surface area contributed by atoms with Crippen molar-refractivity contribution in [2.24, 2.45) is 0 Å². The number of alkyl halides is 2. The number of carbonyl (C=O) groups excluding carboxylic acids is 2. The maximum atomic E-state index is 9.21. The summed E-state index contributed by atoms with van der Waals surface area (Å²) in [7, 11) is 0. The number of hydrogen-bond acceptors (Lipinski definition) is 4. The molecule has 11 heavy (non-hydrogen) atoms. The first-order chi connectivity index (χ1) is 4.54. The zero-order chi connectivity index (χ0) is 8.57. The Morgan fingerprint density at radius 2 is 1.09 bits per heavy atom. The van der Waals surface area contributed by atoms with Crippen molar-refractivity contribution in [2.45, 2.75) is 0 Å². The van der Waals surface area contributed by atoms with Gasteiger partial charge in [0.1, 0.15) is 0 Å². The van der Waals surface area contributed by atoms with Crippen molar-refractivity contribution < 1.29 is 36.9 Å². The fourth-order valence-electron chi connectivity index (χ4n) is 0. The summed E-state index contributed by atoms with van der Waals surface area (Å²) in [5.74, 6) is -2.16. The van der Waals surface area contributed by atoms with E-state index in [-0.39, 0.29) is 27.7 Å². The van der Waals surface area contributed by atoms with Crippen molar-refractivity contribution >= 4 is 43.8 Å². The Hall–Kier alpha value is 0.419. The number of carboxylic acids is 2. The zero-order valence-corrected chi connectivity index (χ0v) is 9.53. The van der Waals surface area contributed by atoms with Crippen molar-refractivity contribution in [3.05, 3.63) is 0 Å². The van der Waals surface area contributed by atoms with Gasteiger partial charge in [-0.1, -0.05) is 31.9 Å². The number of halogens is 2. The largest absolute Gasteiger partial charge is 2.00 e. The van der Waals surface area contributed by atoms with Gasteiger partial charge in [0.05, 0.1) is 11.9 Å². The first kappa shape index (κ1) is 17.5. The standard InChI is InChI=1S/2C2H3BrO2.Mn/c2*3-1-2(4)5;/h2*1H2,(H,4,5);/q;;+2/p-2. The monoisotopic (exact) mass is 329 g/mol. The van der Waals surface area contributed by atoms with Crippen LogP contribution in [0.3, 0.4) is 0 Å². The second-order valence-electron chi connectivity index (χ2n) is 1.01. The number of aliphatic carboxylic acids is 2. The van der Waals surface area contributed by atoms with Gasteiger partial charge in [-0.2, -0.15) is 0 Å². The molecule has 0 amide bonds. The van der Waals surface area contributed by atoms with Gasteiger partial charge in [-0.3, -0.25) is 0 Å². The van der Waals surface area contributed by atoms with Gasteiger partial charge in [0, 0.05) is 10.7 Å². The van der Waals surface area contributed by atoms with Crippen LogP contribution in [0.2, 0.25) is 0 Å². The van der Waals surface area contributed by atoms with E-state index in [9.17, 15) is 19.8 Å². The average Bonchev–Trinajstić information content (AvgIpc) is 1.89. The van der Waals surface area contributed by atoms with Gasteiger partial charge in [0.25, 0.3) is 0 Å². The van der Waals surface area contributed by atoms with Gasteiger partial charge in [-0.25, -0.2) is 0 Å². The fraction of sp³-hybridized carbons (Fsp3) is 0.500. The molecule has 0 aromatic carbocycles. The molecule has 0 unspecified atom stereocenters. The molecule has 7 heteroatoms. The van der Waals surface area contributed by atoms with E-state index in [1.807, 2.05) is 0 Å². The van der Waals surface area contributed by atoms with Crippen molar-refractivity contribution in [1.29, 1.82) is 0 Å². The molecule has 4 nitrogen and oxygen atoms in total. The quantitative estimate of drug-likeness (QED) is 0.445. The van der Waals surface area contributed by atoms with Gasteiger partial charge in [0.2, 0.25) is 0 Å². The number of hydrogen-bond donors (Lipinski definition) is 0. The van der Waals surface area contributed by atoms with Gasteiger partial charge in [-0.05, 0) is 0 Å². The topological polar surface area (TPSA) is 80.3 Å². The van der Waals surface area contributed by atoms with E-state index in [0.717, 1.165) is 0 Å². The Bertz CT molecular complexity index is 105. The Kier molecular flexibility index (Phi) is 20.7. The summed E-state index contributed by atoms with van der Waals surface area (Å²) in [5.41, 5.74) is 0. The van der Waals surface area contributed by atoms with E-state index in [0.29, 0.717) is 0 Å². The third kappa shape index (κ3) is 37.8. The maximum Gasteiger partial charge on any atom is 2.00 e. The molecule has 0 aromatic rings. The van der Waals surface area contributed by atoms with Crippen LogP contribution in [0.4, 0.5) is 0 Å². The summed E-state index contributed by atoms with van der Waals surface area (Å²) < 4.78 is 0. The third-order valence-corrected chi connectivity index (χ3v) is 1.13. The molecule has 0 rings (SSSR count). The number of rotatable bonds is 2. The zero-order valence-electron chi connectivity index (χ0n) is 5.18. The van der Waals surface area contributed by atoms with E-state index >= 15 is 0 Å². The molecule has 0 fully saturated rings. The summed E-state index contributed by atoms with van der Waals surface area (Å²) in [4.78, 5) is 18.4. The van der Waals surface area contributed by atoms with Crippen LogP contribution in [0.15, 0.2) is 0 Å². The van der Waals surface area contributed by atoms with Crippen LogP contribution in [-0.4, -0.2) is 22.6 Å². The minimum Gasteiger partial charge on any atom is -0.549 e. The molecule has 65 valence electrons. The molecule has 0 heterocycles. The van der Waals surface area contributed by atoms with Crippen LogP contribution in [0.1, 0.15) is 0 Å². The first-order valence-electron chi connectivity index (χ1n) is 2.06. The summed E-state index contributed by atoms with van der Waals surface area (Å²) >= 11 is 5.30. The first-order valence-corrected chi connectivity index (χ1v) is 4.30. The van der Waals surface area contributed by atoms with Crippen molar-refractivity contribution in [3.63, 3.8) is 0 Å². The fourth-order valence-corrected chi connectivity index (χ4v) is 0. The van der Waals surface area contributed by atoms with Crippen molar-refractivity contribution in [2.75, 3.05) is 10.7 Å². The molecule has 0 atom stereocenters. The average molecular weight is 331 g/mol. The van der Waals surface area contributed by atoms with E-state index in [1.165, 1.54) is 0 Å². The van der Waals surface area contributed by atoms with Crippen LogP contribution < -0.4 is 10.2 Å². The SMILES string of the molecule is O=C([O-])CBr.O=C([O-])CBr.[Mn+2]. The smallest absolute Gasteiger partial charge is 0.549 e. The number of carboxylic acid groups (broad SMARTS) is 2. The predicted molar refractivity (Wildman–Crippen MR) is 37.6 cm³/mol. The van der Waals surface area contributed by atoms with Crippen LogP contribution in [0.5, 0.6) is 0 Å². The van der Waals surface area contributed by atoms with E-state index < -0.39 is 11.9 Å².